The van der Waals surface area contributed by atoms with Gasteiger partial charge in [-0.1, -0.05) is 50.1 Å². The highest BCUT2D eigenvalue weighted by Crippen LogP contribution is 2.17. The Kier molecular flexibility index (Phi) is 6.28. The van der Waals surface area contributed by atoms with Crippen LogP contribution in [0.5, 0.6) is 0 Å². The zero-order chi connectivity index (χ0) is 12.7. The first-order valence-corrected chi connectivity index (χ1v) is 6.82. The van der Waals surface area contributed by atoms with Gasteiger partial charge >= 0.3 is 0 Å². The largest absolute Gasteiger partial charge is 0.319 e. The third-order valence-corrected chi connectivity index (χ3v) is 3.29. The lowest BCUT2D eigenvalue weighted by atomic mass is 9.91. The van der Waals surface area contributed by atoms with E-state index >= 15 is 0 Å². The Hall–Kier alpha value is -0.820. The molecule has 0 radical (unpaired) electrons. The summed E-state index contributed by atoms with van der Waals surface area (Å²) >= 11 is 0. The molecule has 0 aliphatic rings. The van der Waals surface area contributed by atoms with Crippen LogP contribution in [0.25, 0.3) is 0 Å². The molecule has 1 aromatic rings. The van der Waals surface area contributed by atoms with E-state index in [1.165, 1.54) is 30.4 Å². The molecule has 0 bridgehead atoms. The number of nitrogens with one attached hydrogen (secondary N) is 1. The van der Waals surface area contributed by atoms with Crippen molar-refractivity contribution in [1.82, 2.24) is 5.32 Å². The minimum atomic E-state index is 0.769. The average molecular weight is 233 g/mol. The number of hydrogen-bond donors (Lipinski definition) is 1. The first kappa shape index (κ1) is 14.2. The summed E-state index contributed by atoms with van der Waals surface area (Å²) in [5.41, 5.74) is 2.82. The van der Waals surface area contributed by atoms with E-state index in [2.05, 4.69) is 57.4 Å². The first-order valence-electron chi connectivity index (χ1n) is 6.82. The molecule has 0 aliphatic heterocycles. The summed E-state index contributed by atoms with van der Waals surface area (Å²) in [4.78, 5) is 0. The van der Waals surface area contributed by atoms with Gasteiger partial charge in [-0.2, -0.15) is 0 Å². The molecule has 17 heavy (non-hydrogen) atoms. The van der Waals surface area contributed by atoms with E-state index in [-0.39, 0.29) is 0 Å². The second-order valence-corrected chi connectivity index (χ2v) is 5.58. The SMILES string of the molecule is CNCC(CCC(C)C)Cc1ccc(C)cc1. The summed E-state index contributed by atoms with van der Waals surface area (Å²) < 4.78 is 0. The summed E-state index contributed by atoms with van der Waals surface area (Å²) in [6, 6.07) is 8.98. The van der Waals surface area contributed by atoms with Gasteiger partial charge in [-0.25, -0.2) is 0 Å². The topological polar surface area (TPSA) is 12.0 Å². The van der Waals surface area contributed by atoms with Crippen molar-refractivity contribution in [3.8, 4) is 0 Å². The monoisotopic (exact) mass is 233 g/mol. The van der Waals surface area contributed by atoms with Gasteiger partial charge in [0, 0.05) is 0 Å². The molecule has 1 aromatic carbocycles. The Bertz CT molecular complexity index is 300. The Balaban J connectivity index is 2.50. The maximum absolute atomic E-state index is 3.32. The molecule has 1 nitrogen and oxygen atoms in total. The quantitative estimate of drug-likeness (QED) is 0.755. The molecule has 0 saturated carbocycles. The van der Waals surface area contributed by atoms with Crippen molar-refractivity contribution in [2.75, 3.05) is 13.6 Å². The van der Waals surface area contributed by atoms with Crippen LogP contribution in [0.4, 0.5) is 0 Å². The smallest absolute Gasteiger partial charge is 0.00203 e. The number of hydrogen-bond acceptors (Lipinski definition) is 1. The van der Waals surface area contributed by atoms with Gasteiger partial charge in [-0.15, -0.1) is 0 Å². The minimum Gasteiger partial charge on any atom is -0.319 e. The molecule has 1 rings (SSSR count). The molecule has 0 spiro atoms. The van der Waals surface area contributed by atoms with Crippen molar-refractivity contribution in [3.63, 3.8) is 0 Å². The van der Waals surface area contributed by atoms with Crippen LogP contribution in [0, 0.1) is 18.8 Å². The fraction of sp³-hybridized carbons (Fsp3) is 0.625. The van der Waals surface area contributed by atoms with Gasteiger partial charge in [0.05, 0.1) is 0 Å². The van der Waals surface area contributed by atoms with Gasteiger partial charge in [-0.3, -0.25) is 0 Å². The zero-order valence-electron chi connectivity index (χ0n) is 11.8. The third kappa shape index (κ3) is 5.88. The summed E-state index contributed by atoms with van der Waals surface area (Å²) in [6.07, 6.45) is 3.86. The third-order valence-electron chi connectivity index (χ3n) is 3.29. The van der Waals surface area contributed by atoms with Crippen molar-refractivity contribution in [2.24, 2.45) is 11.8 Å². The first-order chi connectivity index (χ1) is 8.11. The van der Waals surface area contributed by atoms with Crippen LogP contribution in [-0.4, -0.2) is 13.6 Å². The second kappa shape index (κ2) is 7.50. The van der Waals surface area contributed by atoms with E-state index < -0.39 is 0 Å². The summed E-state index contributed by atoms with van der Waals surface area (Å²) in [5, 5.41) is 3.32. The lowest BCUT2D eigenvalue weighted by Gasteiger charge is -2.18. The summed E-state index contributed by atoms with van der Waals surface area (Å²) in [5.74, 6) is 1.58. The van der Waals surface area contributed by atoms with Crippen molar-refractivity contribution in [1.29, 1.82) is 0 Å². The van der Waals surface area contributed by atoms with Crippen LogP contribution >= 0.6 is 0 Å². The highest BCUT2D eigenvalue weighted by Gasteiger charge is 2.09. The van der Waals surface area contributed by atoms with Crippen LogP contribution in [-0.2, 0) is 6.42 Å². The molecule has 0 aliphatic carbocycles. The second-order valence-electron chi connectivity index (χ2n) is 5.58. The van der Waals surface area contributed by atoms with Crippen molar-refractivity contribution in [2.45, 2.75) is 40.0 Å². The van der Waals surface area contributed by atoms with Crippen LogP contribution in [0.2, 0.25) is 0 Å². The van der Waals surface area contributed by atoms with Crippen molar-refractivity contribution in [3.05, 3.63) is 35.4 Å². The van der Waals surface area contributed by atoms with Gasteiger partial charge in [-0.05, 0) is 50.8 Å². The van der Waals surface area contributed by atoms with Gasteiger partial charge < -0.3 is 5.32 Å². The Morgan fingerprint density at radius 1 is 1.06 bits per heavy atom. The van der Waals surface area contributed by atoms with Crippen LogP contribution in [0.3, 0.4) is 0 Å². The molecule has 0 saturated heterocycles. The van der Waals surface area contributed by atoms with E-state index in [0.717, 1.165) is 18.4 Å². The fourth-order valence-electron chi connectivity index (χ4n) is 2.19. The minimum absolute atomic E-state index is 0.769. The predicted octanol–water partition coefficient (Wildman–Crippen LogP) is 3.81. The van der Waals surface area contributed by atoms with Crippen LogP contribution < -0.4 is 5.32 Å². The molecule has 0 heterocycles. The molecular formula is C16H27N. The molecule has 1 unspecified atom stereocenters. The van der Waals surface area contributed by atoms with Crippen LogP contribution in [0.15, 0.2) is 24.3 Å². The highest BCUT2D eigenvalue weighted by molar-refractivity contribution is 5.21. The lowest BCUT2D eigenvalue weighted by molar-refractivity contribution is 0.409. The maximum Gasteiger partial charge on any atom is -0.00203 e. The normalized spacial score (nSPS) is 13.0. The Morgan fingerprint density at radius 3 is 2.24 bits per heavy atom. The fourth-order valence-corrected chi connectivity index (χ4v) is 2.19. The van der Waals surface area contributed by atoms with Gasteiger partial charge in [0.1, 0.15) is 0 Å². The number of aryl methyl sites for hydroxylation is 1. The van der Waals surface area contributed by atoms with Gasteiger partial charge in [0.2, 0.25) is 0 Å². The average Bonchev–Trinajstić information content (AvgIpc) is 2.29. The summed E-state index contributed by atoms with van der Waals surface area (Å²) in [6.45, 7) is 7.89. The number of rotatable bonds is 7. The van der Waals surface area contributed by atoms with Crippen molar-refractivity contribution < 1.29 is 0 Å². The Labute approximate surface area is 107 Å². The predicted molar refractivity (Wildman–Crippen MR) is 76.4 cm³/mol. The van der Waals surface area contributed by atoms with Gasteiger partial charge in [0.25, 0.3) is 0 Å². The molecule has 1 atom stereocenters. The van der Waals surface area contributed by atoms with Crippen molar-refractivity contribution >= 4 is 0 Å². The van der Waals surface area contributed by atoms with E-state index in [4.69, 9.17) is 0 Å². The summed E-state index contributed by atoms with van der Waals surface area (Å²) in [7, 11) is 2.05. The van der Waals surface area contributed by atoms with Crippen LogP contribution in [0.1, 0.15) is 37.8 Å². The van der Waals surface area contributed by atoms with E-state index in [9.17, 15) is 0 Å². The lowest BCUT2D eigenvalue weighted by Crippen LogP contribution is -2.21. The van der Waals surface area contributed by atoms with E-state index in [0.29, 0.717) is 0 Å². The zero-order valence-corrected chi connectivity index (χ0v) is 11.8. The molecule has 1 heteroatoms. The van der Waals surface area contributed by atoms with Gasteiger partial charge in [0.15, 0.2) is 0 Å². The molecule has 0 amide bonds. The standard InChI is InChI=1S/C16H27N/c1-13(2)5-8-16(12-17-4)11-15-9-6-14(3)7-10-15/h6-7,9-10,13,16-17H,5,8,11-12H2,1-4H3. The molecule has 0 aromatic heterocycles. The maximum atomic E-state index is 3.32. The van der Waals surface area contributed by atoms with E-state index in [1.807, 2.05) is 0 Å². The molecule has 96 valence electrons. The Morgan fingerprint density at radius 2 is 1.71 bits per heavy atom. The molecule has 0 fully saturated rings. The van der Waals surface area contributed by atoms with E-state index in [1.54, 1.807) is 0 Å². The molecule has 1 N–H and O–H groups in total. The number of benzene rings is 1. The molecular weight excluding hydrogens is 206 g/mol. The highest BCUT2D eigenvalue weighted by atomic mass is 14.8.